The third kappa shape index (κ3) is 2.39. The van der Waals surface area contributed by atoms with Crippen molar-refractivity contribution in [1.29, 1.82) is 0 Å². The summed E-state index contributed by atoms with van der Waals surface area (Å²) in [6.45, 7) is 0.724. The molecule has 20 heavy (non-hydrogen) atoms. The van der Waals surface area contributed by atoms with Gasteiger partial charge in [0.15, 0.2) is 4.67 Å². The predicted octanol–water partition coefficient (Wildman–Crippen LogP) is 2.77. The lowest BCUT2D eigenvalue weighted by Gasteiger charge is -2.13. The number of hydrogen-bond acceptors (Lipinski definition) is 3. The third-order valence-corrected chi connectivity index (χ3v) is 4.27. The summed E-state index contributed by atoms with van der Waals surface area (Å²) >= 11 is 3.34. The van der Waals surface area contributed by atoms with Crippen LogP contribution in [0.1, 0.15) is 39.5 Å². The standard InChI is InChI=1S/C15H15BrN2O2/c16-14-11(5-7-20-14)13(17)10-4-3-9-2-1-6-18-15(19)12(9)8-10/h3-5,7-8,13H,1-2,6,17H2,(H,18,19). The lowest BCUT2D eigenvalue weighted by molar-refractivity contribution is 0.0956. The zero-order valence-electron chi connectivity index (χ0n) is 10.9. The zero-order chi connectivity index (χ0) is 14.1. The lowest BCUT2D eigenvalue weighted by Crippen LogP contribution is -2.23. The van der Waals surface area contributed by atoms with E-state index >= 15 is 0 Å². The number of nitrogens with one attached hydrogen (secondary N) is 1. The van der Waals surface area contributed by atoms with Gasteiger partial charge in [-0.3, -0.25) is 4.79 Å². The molecule has 1 atom stereocenters. The van der Waals surface area contributed by atoms with E-state index < -0.39 is 0 Å². The molecule has 0 fully saturated rings. The van der Waals surface area contributed by atoms with Crippen LogP contribution in [0.15, 0.2) is 39.6 Å². The van der Waals surface area contributed by atoms with Gasteiger partial charge in [-0.1, -0.05) is 12.1 Å². The van der Waals surface area contributed by atoms with E-state index in [4.69, 9.17) is 10.2 Å². The van der Waals surface area contributed by atoms with Gasteiger partial charge in [0.25, 0.3) is 5.91 Å². The number of aryl methyl sites for hydroxylation is 1. The number of amides is 1. The number of hydrogen-bond donors (Lipinski definition) is 2. The number of carbonyl (C=O) groups excluding carboxylic acids is 1. The van der Waals surface area contributed by atoms with Crippen molar-refractivity contribution >= 4 is 21.8 Å². The minimum Gasteiger partial charge on any atom is -0.457 e. The summed E-state index contributed by atoms with van der Waals surface area (Å²) in [5, 5.41) is 2.91. The van der Waals surface area contributed by atoms with E-state index in [1.807, 2.05) is 24.3 Å². The Kier molecular flexibility index (Phi) is 3.63. The molecular formula is C15H15BrN2O2. The van der Waals surface area contributed by atoms with E-state index in [2.05, 4.69) is 21.2 Å². The first-order valence-electron chi connectivity index (χ1n) is 6.56. The second kappa shape index (κ2) is 5.42. The molecule has 0 radical (unpaired) electrons. The maximum atomic E-state index is 12.1. The molecular weight excluding hydrogens is 320 g/mol. The van der Waals surface area contributed by atoms with Crippen molar-refractivity contribution in [3.05, 3.63) is 57.5 Å². The molecule has 104 valence electrons. The predicted molar refractivity (Wildman–Crippen MR) is 79.5 cm³/mol. The topological polar surface area (TPSA) is 68.3 Å². The van der Waals surface area contributed by atoms with Crippen LogP contribution in [0.3, 0.4) is 0 Å². The second-order valence-electron chi connectivity index (χ2n) is 4.90. The minimum absolute atomic E-state index is 0.0159. The van der Waals surface area contributed by atoms with E-state index in [1.54, 1.807) is 6.26 Å². The summed E-state index contributed by atoms with van der Waals surface area (Å²) < 4.78 is 5.85. The van der Waals surface area contributed by atoms with E-state index in [0.717, 1.165) is 41.6 Å². The number of fused-ring (bicyclic) bond motifs is 1. The molecule has 3 rings (SSSR count). The van der Waals surface area contributed by atoms with Crippen LogP contribution in [0.25, 0.3) is 0 Å². The van der Waals surface area contributed by atoms with Crippen LogP contribution in [0.4, 0.5) is 0 Å². The van der Waals surface area contributed by atoms with Crippen LogP contribution in [0.2, 0.25) is 0 Å². The van der Waals surface area contributed by atoms with Crippen LogP contribution in [-0.2, 0) is 6.42 Å². The van der Waals surface area contributed by atoms with E-state index in [9.17, 15) is 4.79 Å². The van der Waals surface area contributed by atoms with Crippen molar-refractivity contribution in [2.75, 3.05) is 6.54 Å². The van der Waals surface area contributed by atoms with E-state index in [-0.39, 0.29) is 11.9 Å². The van der Waals surface area contributed by atoms with Gasteiger partial charge < -0.3 is 15.5 Å². The molecule has 0 saturated carbocycles. The minimum atomic E-state index is -0.315. The Balaban J connectivity index is 2.00. The van der Waals surface area contributed by atoms with Gasteiger partial charge in [0.2, 0.25) is 0 Å². The molecule has 1 aromatic heterocycles. The number of halogens is 1. The van der Waals surface area contributed by atoms with Gasteiger partial charge in [0.1, 0.15) is 0 Å². The molecule has 2 heterocycles. The smallest absolute Gasteiger partial charge is 0.251 e. The Morgan fingerprint density at radius 3 is 2.95 bits per heavy atom. The largest absolute Gasteiger partial charge is 0.457 e. The highest BCUT2D eigenvalue weighted by Crippen LogP contribution is 2.29. The van der Waals surface area contributed by atoms with Gasteiger partial charge >= 0.3 is 0 Å². The Hall–Kier alpha value is -1.59. The second-order valence-corrected chi connectivity index (χ2v) is 5.62. The summed E-state index contributed by atoms with van der Waals surface area (Å²) in [6, 6.07) is 7.40. The number of benzene rings is 1. The fraction of sp³-hybridized carbons (Fsp3) is 0.267. The van der Waals surface area contributed by atoms with Crippen molar-refractivity contribution in [3.8, 4) is 0 Å². The van der Waals surface area contributed by atoms with E-state index in [0.29, 0.717) is 4.67 Å². The van der Waals surface area contributed by atoms with Crippen molar-refractivity contribution < 1.29 is 9.21 Å². The molecule has 1 aromatic carbocycles. The Bertz CT molecular complexity index is 651. The molecule has 4 nitrogen and oxygen atoms in total. The van der Waals surface area contributed by atoms with Crippen molar-refractivity contribution in [1.82, 2.24) is 5.32 Å². The van der Waals surface area contributed by atoms with Gasteiger partial charge in [-0.25, -0.2) is 0 Å². The van der Waals surface area contributed by atoms with Crippen molar-refractivity contribution in [3.63, 3.8) is 0 Å². The third-order valence-electron chi connectivity index (χ3n) is 3.63. The van der Waals surface area contributed by atoms with Crippen LogP contribution in [0, 0.1) is 0 Å². The van der Waals surface area contributed by atoms with Gasteiger partial charge in [-0.05, 0) is 52.0 Å². The highest BCUT2D eigenvalue weighted by molar-refractivity contribution is 9.10. The quantitative estimate of drug-likeness (QED) is 0.887. The van der Waals surface area contributed by atoms with Crippen LogP contribution in [-0.4, -0.2) is 12.5 Å². The van der Waals surface area contributed by atoms with Gasteiger partial charge in [0, 0.05) is 17.7 Å². The fourth-order valence-electron chi connectivity index (χ4n) is 2.50. The fourth-order valence-corrected chi connectivity index (χ4v) is 2.99. The number of carbonyl (C=O) groups is 1. The molecule has 0 aliphatic carbocycles. The molecule has 0 spiro atoms. The molecule has 1 unspecified atom stereocenters. The Labute approximate surface area is 125 Å². The van der Waals surface area contributed by atoms with Crippen molar-refractivity contribution in [2.24, 2.45) is 5.73 Å². The number of furan rings is 1. The zero-order valence-corrected chi connectivity index (χ0v) is 12.4. The van der Waals surface area contributed by atoms with Gasteiger partial charge in [-0.2, -0.15) is 0 Å². The Morgan fingerprint density at radius 2 is 2.20 bits per heavy atom. The highest BCUT2D eigenvalue weighted by Gasteiger charge is 2.19. The average Bonchev–Trinajstić information content (AvgIpc) is 2.79. The molecule has 3 N–H and O–H groups in total. The maximum absolute atomic E-state index is 12.1. The first-order valence-corrected chi connectivity index (χ1v) is 7.35. The normalized spacial score (nSPS) is 16.2. The monoisotopic (exact) mass is 334 g/mol. The van der Waals surface area contributed by atoms with Gasteiger partial charge in [0.05, 0.1) is 12.3 Å². The van der Waals surface area contributed by atoms with Crippen LogP contribution in [0.5, 0.6) is 0 Å². The first kappa shape index (κ1) is 13.4. The summed E-state index contributed by atoms with van der Waals surface area (Å²) in [5.41, 5.74) is 9.85. The lowest BCUT2D eigenvalue weighted by atomic mass is 9.95. The molecule has 1 amide bonds. The molecule has 1 aliphatic rings. The number of rotatable bonds is 2. The molecule has 1 aliphatic heterocycles. The summed E-state index contributed by atoms with van der Waals surface area (Å²) in [4.78, 5) is 12.1. The average molecular weight is 335 g/mol. The summed E-state index contributed by atoms with van der Waals surface area (Å²) in [5.74, 6) is -0.0159. The summed E-state index contributed by atoms with van der Waals surface area (Å²) in [6.07, 6.45) is 3.48. The molecule has 2 aromatic rings. The van der Waals surface area contributed by atoms with Crippen LogP contribution < -0.4 is 11.1 Å². The first-order chi connectivity index (χ1) is 9.66. The molecule has 5 heteroatoms. The van der Waals surface area contributed by atoms with Crippen molar-refractivity contribution in [2.45, 2.75) is 18.9 Å². The maximum Gasteiger partial charge on any atom is 0.251 e. The van der Waals surface area contributed by atoms with Crippen LogP contribution >= 0.6 is 15.9 Å². The van der Waals surface area contributed by atoms with Gasteiger partial charge in [-0.15, -0.1) is 0 Å². The van der Waals surface area contributed by atoms with E-state index in [1.165, 1.54) is 0 Å². The number of nitrogens with two attached hydrogens (primary N) is 1. The molecule has 0 bridgehead atoms. The SMILES string of the molecule is NC(c1ccc2c(c1)C(=O)NCCC2)c1ccoc1Br. The Morgan fingerprint density at radius 1 is 1.35 bits per heavy atom. The molecule has 0 saturated heterocycles. The summed E-state index contributed by atoms with van der Waals surface area (Å²) in [7, 11) is 0. The highest BCUT2D eigenvalue weighted by atomic mass is 79.9.